The van der Waals surface area contributed by atoms with Gasteiger partial charge in [0.05, 0.1) is 35.8 Å². The highest BCUT2D eigenvalue weighted by Crippen LogP contribution is 2.35. The zero-order valence-electron chi connectivity index (χ0n) is 22.4. The van der Waals surface area contributed by atoms with Crippen molar-refractivity contribution in [3.05, 3.63) is 84.3 Å². The number of methoxy groups -OCH3 is 1. The number of nitrogens with zero attached hydrogens (tertiary/aromatic N) is 7. The van der Waals surface area contributed by atoms with Crippen LogP contribution in [0, 0.1) is 0 Å². The van der Waals surface area contributed by atoms with E-state index in [9.17, 15) is 18.0 Å². The number of fused-ring (bicyclic) bond motifs is 1. The number of halogens is 3. The van der Waals surface area contributed by atoms with Gasteiger partial charge < -0.3 is 20.3 Å². The number of imidazole rings is 1. The van der Waals surface area contributed by atoms with Crippen LogP contribution >= 0.6 is 0 Å². The molecular weight excluding hydrogens is 549 g/mol. The number of anilines is 2. The molecule has 0 spiro atoms. The van der Waals surface area contributed by atoms with Crippen LogP contribution < -0.4 is 15.4 Å². The van der Waals surface area contributed by atoms with E-state index in [0.29, 0.717) is 54.4 Å². The molecule has 4 aromatic heterocycles. The lowest BCUT2D eigenvalue weighted by Crippen LogP contribution is -2.49. The number of hydrogen-bond acceptors (Lipinski definition) is 8. The zero-order valence-corrected chi connectivity index (χ0v) is 22.4. The normalized spacial score (nSPS) is 13.9. The summed E-state index contributed by atoms with van der Waals surface area (Å²) in [6.45, 7) is 2.40. The minimum atomic E-state index is -4.65. The van der Waals surface area contributed by atoms with Gasteiger partial charge in [0.2, 0.25) is 0 Å². The number of nitrogens with two attached hydrogens (primary N) is 1. The molecule has 13 heteroatoms. The van der Waals surface area contributed by atoms with Crippen LogP contribution in [-0.2, 0) is 6.18 Å². The molecule has 0 bridgehead atoms. The molecule has 1 fully saturated rings. The molecule has 5 aromatic rings. The van der Waals surface area contributed by atoms with E-state index in [4.69, 9.17) is 10.5 Å². The summed E-state index contributed by atoms with van der Waals surface area (Å²) in [5.41, 5.74) is 6.96. The van der Waals surface area contributed by atoms with E-state index >= 15 is 0 Å². The van der Waals surface area contributed by atoms with Gasteiger partial charge in [0.1, 0.15) is 17.4 Å². The smallest absolute Gasteiger partial charge is 0.419 e. The molecule has 0 atom stereocenters. The van der Waals surface area contributed by atoms with Crippen LogP contribution in [-0.4, -0.2) is 68.7 Å². The Morgan fingerprint density at radius 2 is 1.74 bits per heavy atom. The van der Waals surface area contributed by atoms with Crippen molar-refractivity contribution >= 4 is 23.2 Å². The van der Waals surface area contributed by atoms with Crippen LogP contribution in [0.25, 0.3) is 28.2 Å². The number of amides is 1. The molecule has 1 amide bonds. The van der Waals surface area contributed by atoms with Crippen LogP contribution in [0.1, 0.15) is 15.9 Å². The van der Waals surface area contributed by atoms with Gasteiger partial charge in [-0.25, -0.2) is 19.5 Å². The molecule has 1 aliphatic heterocycles. The van der Waals surface area contributed by atoms with E-state index in [2.05, 4.69) is 25.0 Å². The number of piperazine rings is 1. The first-order valence-electron chi connectivity index (χ1n) is 13.0. The Morgan fingerprint density at radius 3 is 2.45 bits per heavy atom. The van der Waals surface area contributed by atoms with Gasteiger partial charge >= 0.3 is 6.18 Å². The Kier molecular flexibility index (Phi) is 6.85. The number of carbonyl (C=O) groups is 1. The maximum Gasteiger partial charge on any atom is 0.419 e. The van der Waals surface area contributed by atoms with Crippen LogP contribution in [0.5, 0.6) is 5.75 Å². The molecule has 42 heavy (non-hydrogen) atoms. The number of hydrogen-bond donors (Lipinski definition) is 1. The van der Waals surface area contributed by atoms with Gasteiger partial charge in [0.15, 0.2) is 5.65 Å². The number of nitrogen functional groups attached to an aromatic ring is 1. The Morgan fingerprint density at radius 1 is 0.929 bits per heavy atom. The molecule has 0 unspecified atom stereocenters. The second-order valence-corrected chi connectivity index (χ2v) is 9.67. The van der Waals surface area contributed by atoms with E-state index in [-0.39, 0.29) is 17.2 Å². The van der Waals surface area contributed by atoms with Crippen molar-refractivity contribution in [3.63, 3.8) is 0 Å². The lowest BCUT2D eigenvalue weighted by molar-refractivity contribution is -0.137. The van der Waals surface area contributed by atoms with Gasteiger partial charge in [0.25, 0.3) is 5.91 Å². The fraction of sp³-hybridized carbons (Fsp3) is 0.207. The first-order chi connectivity index (χ1) is 20.2. The molecule has 0 radical (unpaired) electrons. The minimum Gasteiger partial charge on any atom is -0.496 e. The van der Waals surface area contributed by atoms with Crippen molar-refractivity contribution in [2.75, 3.05) is 43.9 Å². The lowest BCUT2D eigenvalue weighted by Gasteiger charge is -2.35. The highest BCUT2D eigenvalue weighted by molar-refractivity contribution is 5.97. The van der Waals surface area contributed by atoms with Crippen LogP contribution in [0.4, 0.5) is 24.8 Å². The summed E-state index contributed by atoms with van der Waals surface area (Å²) in [5, 5.41) is 4.53. The first kappa shape index (κ1) is 27.0. The number of pyridine rings is 2. The van der Waals surface area contributed by atoms with Crippen molar-refractivity contribution in [2.45, 2.75) is 6.18 Å². The monoisotopic (exact) mass is 574 g/mol. The molecule has 2 N–H and O–H groups in total. The number of alkyl halides is 3. The standard InChI is InChI=1S/C29H25F3N8O2/c1-42-24-15-18(5-6-20(24)28(41)39-12-10-38(11-13-39)25-4-2-3-9-34-25)23-17-35-26-8-7-22(37-40(23)26)19-14-21(29(30,31)32)27(33)36-16-19/h2-9,14-17H,10-13H2,1H3,(H2,33,36). The predicted octanol–water partition coefficient (Wildman–Crippen LogP) is 4.43. The van der Waals surface area contributed by atoms with Crippen molar-refractivity contribution in [3.8, 4) is 28.3 Å². The molecule has 6 rings (SSSR count). The van der Waals surface area contributed by atoms with E-state index in [1.54, 1.807) is 47.6 Å². The van der Waals surface area contributed by atoms with Crippen molar-refractivity contribution < 1.29 is 22.7 Å². The predicted molar refractivity (Wildman–Crippen MR) is 150 cm³/mol. The molecule has 1 aromatic carbocycles. The molecule has 1 saturated heterocycles. The van der Waals surface area contributed by atoms with Crippen LogP contribution in [0.3, 0.4) is 0 Å². The fourth-order valence-electron chi connectivity index (χ4n) is 4.94. The van der Waals surface area contributed by atoms with Gasteiger partial charge in [-0.2, -0.15) is 18.3 Å². The molecule has 214 valence electrons. The number of carbonyl (C=O) groups excluding carboxylic acids is 1. The second kappa shape index (κ2) is 10.7. The van der Waals surface area contributed by atoms with Crippen molar-refractivity contribution in [2.24, 2.45) is 0 Å². The van der Waals surface area contributed by atoms with E-state index in [1.165, 1.54) is 17.8 Å². The van der Waals surface area contributed by atoms with E-state index in [0.717, 1.165) is 11.9 Å². The summed E-state index contributed by atoms with van der Waals surface area (Å²) >= 11 is 0. The molecule has 0 aliphatic carbocycles. The summed E-state index contributed by atoms with van der Waals surface area (Å²) in [6, 6.07) is 15.1. The molecule has 10 nitrogen and oxygen atoms in total. The largest absolute Gasteiger partial charge is 0.496 e. The molecule has 0 saturated carbocycles. The Bertz CT molecular complexity index is 1770. The maximum absolute atomic E-state index is 13.4. The summed E-state index contributed by atoms with van der Waals surface area (Å²) in [6.07, 6.45) is -0.0610. The molecular formula is C29H25F3N8O2. The average molecular weight is 575 g/mol. The van der Waals surface area contributed by atoms with Crippen LogP contribution in [0.15, 0.2) is 73.2 Å². The van der Waals surface area contributed by atoms with Crippen LogP contribution in [0.2, 0.25) is 0 Å². The third-order valence-corrected chi connectivity index (χ3v) is 7.15. The zero-order chi connectivity index (χ0) is 29.4. The third kappa shape index (κ3) is 5.04. The van der Waals surface area contributed by atoms with Crippen molar-refractivity contribution in [1.29, 1.82) is 0 Å². The van der Waals surface area contributed by atoms with Gasteiger partial charge in [-0.1, -0.05) is 12.1 Å². The summed E-state index contributed by atoms with van der Waals surface area (Å²) < 4.78 is 47.3. The fourth-order valence-corrected chi connectivity index (χ4v) is 4.94. The van der Waals surface area contributed by atoms with Crippen molar-refractivity contribution in [1.82, 2.24) is 29.5 Å². The number of rotatable bonds is 5. The Balaban J connectivity index is 1.27. The average Bonchev–Trinajstić information content (AvgIpc) is 3.44. The highest BCUT2D eigenvalue weighted by Gasteiger charge is 2.34. The quantitative estimate of drug-likeness (QED) is 0.328. The molecule has 5 heterocycles. The number of ether oxygens (including phenoxy) is 1. The lowest BCUT2D eigenvalue weighted by atomic mass is 10.1. The number of aromatic nitrogens is 5. The van der Waals surface area contributed by atoms with E-state index < -0.39 is 17.6 Å². The summed E-state index contributed by atoms with van der Waals surface area (Å²) in [7, 11) is 1.49. The highest BCUT2D eigenvalue weighted by atomic mass is 19.4. The second-order valence-electron chi connectivity index (χ2n) is 9.67. The summed E-state index contributed by atoms with van der Waals surface area (Å²) in [5.74, 6) is 0.513. The van der Waals surface area contributed by atoms with Gasteiger partial charge in [-0.15, -0.1) is 0 Å². The Labute approximate surface area is 238 Å². The third-order valence-electron chi connectivity index (χ3n) is 7.15. The SMILES string of the molecule is COc1cc(-c2cnc3ccc(-c4cnc(N)c(C(F)(F)F)c4)nn23)ccc1C(=O)N1CCN(c2ccccn2)CC1. The molecule has 1 aliphatic rings. The topological polar surface area (TPSA) is 115 Å². The Hall–Kier alpha value is -5.20. The van der Waals surface area contributed by atoms with Gasteiger partial charge in [-0.3, -0.25) is 4.79 Å². The first-order valence-corrected chi connectivity index (χ1v) is 13.0. The van der Waals surface area contributed by atoms with E-state index in [1.807, 2.05) is 18.2 Å². The summed E-state index contributed by atoms with van der Waals surface area (Å²) in [4.78, 5) is 29.8. The van der Waals surface area contributed by atoms with Gasteiger partial charge in [0, 0.05) is 49.7 Å². The maximum atomic E-state index is 13.4. The minimum absolute atomic E-state index is 0.144. The van der Waals surface area contributed by atoms with Gasteiger partial charge in [-0.05, 0) is 42.5 Å². The number of benzene rings is 1.